The van der Waals surface area contributed by atoms with Crippen LogP contribution in [0.4, 0.5) is 14.9 Å². The van der Waals surface area contributed by atoms with Crippen LogP contribution in [0.3, 0.4) is 0 Å². The number of fused-ring (bicyclic) bond motifs is 4. The number of carbonyl (C=O) groups excluding carboxylic acids is 2. The van der Waals surface area contributed by atoms with Gasteiger partial charge in [-0.15, -0.1) is 0 Å². The Hall–Kier alpha value is -3.02. The van der Waals surface area contributed by atoms with E-state index in [0.29, 0.717) is 44.0 Å². The van der Waals surface area contributed by atoms with Gasteiger partial charge < -0.3 is 14.5 Å². The molecule has 176 valence electrons. The van der Waals surface area contributed by atoms with Gasteiger partial charge in [0.25, 0.3) is 5.56 Å². The zero-order chi connectivity index (χ0) is 24.1. The number of nitrogens with zero attached hydrogens (tertiary/aromatic N) is 4. The fourth-order valence-electron chi connectivity index (χ4n) is 4.28. The van der Waals surface area contributed by atoms with E-state index < -0.39 is 11.4 Å². The number of amides is 1. The highest BCUT2D eigenvalue weighted by Gasteiger charge is 2.31. The molecular formula is C24H22FIN4O4. The summed E-state index contributed by atoms with van der Waals surface area (Å²) in [6.07, 6.45) is -0.370. The van der Waals surface area contributed by atoms with Crippen LogP contribution in [0.5, 0.6) is 0 Å². The summed E-state index contributed by atoms with van der Waals surface area (Å²) >= 11 is 2.11. The normalized spacial score (nSPS) is 15.1. The first-order chi connectivity index (χ1) is 16.2. The average Bonchev–Trinajstić information content (AvgIpc) is 3.09. The smallest absolute Gasteiger partial charge is 0.409 e. The largest absolute Gasteiger partial charge is 0.449 e. The molecule has 0 saturated carbocycles. The Morgan fingerprint density at radius 3 is 2.56 bits per heavy atom. The quantitative estimate of drug-likeness (QED) is 0.347. The molecule has 1 aromatic heterocycles. The minimum absolute atomic E-state index is 0.0322. The van der Waals surface area contributed by atoms with Crippen LogP contribution in [0.25, 0.3) is 16.6 Å². The van der Waals surface area contributed by atoms with E-state index in [9.17, 15) is 14.4 Å². The molecule has 1 amide bonds. The van der Waals surface area contributed by atoms with Crippen molar-refractivity contribution >= 4 is 51.1 Å². The van der Waals surface area contributed by atoms with E-state index in [1.165, 1.54) is 16.7 Å². The van der Waals surface area contributed by atoms with E-state index in [1.807, 2.05) is 18.7 Å². The second kappa shape index (κ2) is 8.64. The van der Waals surface area contributed by atoms with Crippen LogP contribution < -0.4 is 10.5 Å². The van der Waals surface area contributed by atoms with Crippen LogP contribution in [0.15, 0.2) is 35.1 Å². The van der Waals surface area contributed by atoms with E-state index in [0.717, 1.165) is 3.57 Å². The van der Waals surface area contributed by atoms with Crippen LogP contribution in [0, 0.1) is 15.3 Å². The Morgan fingerprint density at radius 1 is 1.12 bits per heavy atom. The topological polar surface area (TPSA) is 84.7 Å². The van der Waals surface area contributed by atoms with E-state index in [-0.39, 0.29) is 40.2 Å². The third-order valence-corrected chi connectivity index (χ3v) is 6.67. The molecule has 2 aromatic carbocycles. The van der Waals surface area contributed by atoms with E-state index >= 15 is 4.39 Å². The molecule has 2 aliphatic rings. The van der Waals surface area contributed by atoms with E-state index in [2.05, 4.69) is 27.6 Å². The first-order valence-electron chi connectivity index (χ1n) is 11.0. The Balaban J connectivity index is 1.45. The maximum Gasteiger partial charge on any atom is 0.409 e. The van der Waals surface area contributed by atoms with E-state index in [4.69, 9.17) is 4.74 Å². The van der Waals surface area contributed by atoms with Crippen molar-refractivity contribution in [2.24, 2.45) is 5.92 Å². The van der Waals surface area contributed by atoms with Crippen molar-refractivity contribution in [1.29, 1.82) is 0 Å². The zero-order valence-corrected chi connectivity index (χ0v) is 20.8. The van der Waals surface area contributed by atoms with Crippen molar-refractivity contribution < 1.29 is 18.7 Å². The second-order valence-electron chi connectivity index (χ2n) is 8.83. The number of carbonyl (C=O) groups is 2. The molecular weight excluding hydrogens is 554 g/mol. The molecule has 1 saturated heterocycles. The Morgan fingerprint density at radius 2 is 1.85 bits per heavy atom. The molecule has 0 aliphatic carbocycles. The van der Waals surface area contributed by atoms with Crippen LogP contribution in [-0.2, 0) is 4.74 Å². The molecule has 5 rings (SSSR count). The summed E-state index contributed by atoms with van der Waals surface area (Å²) in [7, 11) is 0. The van der Waals surface area contributed by atoms with E-state index in [1.54, 1.807) is 23.1 Å². The summed E-state index contributed by atoms with van der Waals surface area (Å²) in [6, 6.07) is 7.93. The molecule has 3 heterocycles. The number of hydrogen-bond acceptors (Lipinski definition) is 6. The molecule has 0 radical (unpaired) electrons. The van der Waals surface area contributed by atoms with Gasteiger partial charge in [0.2, 0.25) is 5.78 Å². The van der Waals surface area contributed by atoms with Gasteiger partial charge in [-0.05, 0) is 58.8 Å². The molecule has 0 unspecified atom stereocenters. The lowest BCUT2D eigenvalue weighted by Gasteiger charge is -2.35. The first kappa shape index (κ1) is 22.8. The van der Waals surface area contributed by atoms with Crippen molar-refractivity contribution in [3.05, 3.63) is 61.5 Å². The van der Waals surface area contributed by atoms with Gasteiger partial charge in [0.1, 0.15) is 5.82 Å². The number of rotatable bonds is 3. The van der Waals surface area contributed by atoms with Gasteiger partial charge in [-0.3, -0.25) is 14.2 Å². The lowest BCUT2D eigenvalue weighted by molar-refractivity contribution is 0.0901. The molecule has 0 atom stereocenters. The van der Waals surface area contributed by atoms with Crippen molar-refractivity contribution in [3.63, 3.8) is 0 Å². The van der Waals surface area contributed by atoms with Crippen LogP contribution in [-0.4, -0.2) is 59.1 Å². The molecule has 10 heteroatoms. The third kappa shape index (κ3) is 3.83. The minimum atomic E-state index is -0.546. The fourth-order valence-corrected chi connectivity index (χ4v) is 4.77. The summed E-state index contributed by atoms with van der Waals surface area (Å²) in [6.45, 7) is 5.89. The lowest BCUT2D eigenvalue weighted by atomic mass is 10.1. The monoisotopic (exact) mass is 576 g/mol. The highest BCUT2D eigenvalue weighted by Crippen LogP contribution is 2.30. The molecule has 0 spiro atoms. The van der Waals surface area contributed by atoms with Gasteiger partial charge in [0.05, 0.1) is 34.4 Å². The fraction of sp³-hybridized carbons (Fsp3) is 0.333. The van der Waals surface area contributed by atoms with Gasteiger partial charge in [-0.2, -0.15) is 0 Å². The van der Waals surface area contributed by atoms with Gasteiger partial charge in [-0.25, -0.2) is 14.2 Å². The predicted molar refractivity (Wildman–Crippen MR) is 133 cm³/mol. The highest BCUT2D eigenvalue weighted by molar-refractivity contribution is 14.1. The number of aromatic nitrogens is 2. The molecule has 3 aromatic rings. The molecule has 8 nitrogen and oxygen atoms in total. The molecule has 34 heavy (non-hydrogen) atoms. The van der Waals surface area contributed by atoms with Gasteiger partial charge in [0, 0.05) is 29.7 Å². The number of halogens is 2. The number of piperazine rings is 1. The summed E-state index contributed by atoms with van der Waals surface area (Å²) in [5, 5.41) is 0.111. The molecule has 0 bridgehead atoms. The SMILES string of the molecule is CC(C)COC(=O)N1CCN(c2cc3nc4n(c(=O)c3cc2F)-c2ccc(I)cc2C4=O)CC1. The van der Waals surface area contributed by atoms with Crippen molar-refractivity contribution in [3.8, 4) is 5.69 Å². The summed E-state index contributed by atoms with van der Waals surface area (Å²) < 4.78 is 22.5. The highest BCUT2D eigenvalue weighted by atomic mass is 127. The first-order valence-corrected chi connectivity index (χ1v) is 12.1. The lowest BCUT2D eigenvalue weighted by Crippen LogP contribution is -2.49. The molecule has 2 aliphatic heterocycles. The van der Waals surface area contributed by atoms with Crippen LogP contribution >= 0.6 is 22.6 Å². The number of anilines is 1. The van der Waals surface area contributed by atoms with Crippen molar-refractivity contribution in [2.75, 3.05) is 37.7 Å². The van der Waals surface area contributed by atoms with Crippen LogP contribution in [0.2, 0.25) is 0 Å². The summed E-state index contributed by atoms with van der Waals surface area (Å²) in [4.78, 5) is 46.2. The Labute approximate surface area is 208 Å². The number of ketones is 1. The Kier molecular flexibility index (Phi) is 5.78. The molecule has 1 fully saturated rings. The summed E-state index contributed by atoms with van der Waals surface area (Å²) in [5.74, 6) is -0.593. The van der Waals surface area contributed by atoms with Crippen LogP contribution in [0.1, 0.15) is 30.0 Å². The number of benzene rings is 2. The van der Waals surface area contributed by atoms with Gasteiger partial charge in [0.15, 0.2) is 5.82 Å². The van der Waals surface area contributed by atoms with Crippen molar-refractivity contribution in [2.45, 2.75) is 13.8 Å². The van der Waals surface area contributed by atoms with Crippen molar-refractivity contribution in [1.82, 2.24) is 14.5 Å². The third-order valence-electron chi connectivity index (χ3n) is 6.00. The van der Waals surface area contributed by atoms with Gasteiger partial charge in [-0.1, -0.05) is 13.8 Å². The zero-order valence-electron chi connectivity index (χ0n) is 18.7. The van der Waals surface area contributed by atoms with Gasteiger partial charge >= 0.3 is 6.09 Å². The minimum Gasteiger partial charge on any atom is -0.449 e. The average molecular weight is 576 g/mol. The summed E-state index contributed by atoms with van der Waals surface area (Å²) in [5.41, 5.74) is 0.952. The standard InChI is InChI=1S/C24H22FIN4O4/c1-13(2)12-34-24(33)29-7-5-28(6-8-29)20-11-18-15(10-17(20)25)23(32)30-19-4-3-14(26)9-16(19)21(31)22(30)27-18/h3-4,9-11,13H,5-8,12H2,1-2H3. The maximum atomic E-state index is 15.1. The maximum absolute atomic E-state index is 15.1. The predicted octanol–water partition coefficient (Wildman–Crippen LogP) is 3.59. The second-order valence-corrected chi connectivity index (χ2v) is 10.1. The number of ether oxygens (including phenoxy) is 1. The Bertz CT molecular complexity index is 1400. The molecule has 0 N–H and O–H groups in total. The number of hydrogen-bond donors (Lipinski definition) is 0.